The van der Waals surface area contributed by atoms with Crippen molar-refractivity contribution in [2.45, 2.75) is 6.92 Å². The van der Waals surface area contributed by atoms with Crippen molar-refractivity contribution in [3.05, 3.63) is 53.6 Å². The highest BCUT2D eigenvalue weighted by molar-refractivity contribution is 5.97. The van der Waals surface area contributed by atoms with Gasteiger partial charge < -0.3 is 14.6 Å². The number of aromatic hydroxyl groups is 1. The number of carbonyl (C=O) groups excluding carboxylic acids is 1. The minimum atomic E-state index is -0.507. The van der Waals surface area contributed by atoms with E-state index in [4.69, 9.17) is 9.47 Å². The maximum Gasteiger partial charge on any atom is 0.275 e. The molecule has 23 heavy (non-hydrogen) atoms. The number of amides is 1. The molecular weight excluding hydrogens is 296 g/mol. The average molecular weight is 314 g/mol. The fourth-order valence-electron chi connectivity index (χ4n) is 1.87. The number of hydrogen-bond donors (Lipinski definition) is 2. The van der Waals surface area contributed by atoms with Crippen molar-refractivity contribution in [3.8, 4) is 17.2 Å². The third-order valence-electron chi connectivity index (χ3n) is 3.02. The number of phenolic OH excluding ortho intramolecular Hbond substituents is 1. The Bertz CT molecular complexity index is 696. The second-order valence-electron chi connectivity index (χ2n) is 4.58. The van der Waals surface area contributed by atoms with Gasteiger partial charge in [0.15, 0.2) is 0 Å². The maximum atomic E-state index is 11.9. The highest BCUT2D eigenvalue weighted by Crippen LogP contribution is 2.23. The Morgan fingerprint density at radius 1 is 1.22 bits per heavy atom. The molecule has 2 aromatic carbocycles. The molecule has 0 aliphatic carbocycles. The van der Waals surface area contributed by atoms with Crippen LogP contribution < -0.4 is 14.9 Å². The Balaban J connectivity index is 1.98. The van der Waals surface area contributed by atoms with E-state index >= 15 is 0 Å². The quantitative estimate of drug-likeness (QED) is 0.634. The lowest BCUT2D eigenvalue weighted by Gasteiger charge is -2.05. The molecule has 120 valence electrons. The van der Waals surface area contributed by atoms with Crippen LogP contribution in [0.3, 0.4) is 0 Å². The third kappa shape index (κ3) is 4.47. The van der Waals surface area contributed by atoms with Crippen LogP contribution >= 0.6 is 0 Å². The van der Waals surface area contributed by atoms with E-state index in [-0.39, 0.29) is 11.3 Å². The number of nitrogens with one attached hydrogen (secondary N) is 1. The van der Waals surface area contributed by atoms with Crippen LogP contribution in [-0.4, -0.2) is 30.9 Å². The first-order valence-electron chi connectivity index (χ1n) is 7.07. The number of methoxy groups -OCH3 is 1. The molecule has 0 aliphatic rings. The summed E-state index contributed by atoms with van der Waals surface area (Å²) < 4.78 is 10.3. The lowest BCUT2D eigenvalue weighted by Crippen LogP contribution is -2.17. The molecule has 0 aromatic heterocycles. The number of ether oxygens (including phenoxy) is 2. The zero-order valence-corrected chi connectivity index (χ0v) is 12.9. The minimum absolute atomic E-state index is 0.120. The Labute approximate surface area is 134 Å². The number of phenols is 1. The lowest BCUT2D eigenvalue weighted by atomic mass is 10.2. The van der Waals surface area contributed by atoms with Gasteiger partial charge in [0.2, 0.25) is 0 Å². The predicted octanol–water partition coefficient (Wildman–Crippen LogP) is 2.56. The zero-order chi connectivity index (χ0) is 16.7. The Morgan fingerprint density at radius 3 is 2.52 bits per heavy atom. The van der Waals surface area contributed by atoms with Gasteiger partial charge in [-0.2, -0.15) is 5.10 Å². The number of carbonyl (C=O) groups is 1. The van der Waals surface area contributed by atoms with Crippen molar-refractivity contribution < 1.29 is 19.4 Å². The molecule has 1 amide bonds. The summed E-state index contributed by atoms with van der Waals surface area (Å²) in [6, 6.07) is 11.7. The van der Waals surface area contributed by atoms with Gasteiger partial charge in [-0.3, -0.25) is 4.79 Å². The van der Waals surface area contributed by atoms with Gasteiger partial charge in [-0.05, 0) is 48.9 Å². The Kier molecular flexibility index (Phi) is 5.57. The number of rotatable bonds is 6. The molecule has 0 saturated heterocycles. The second kappa shape index (κ2) is 7.84. The summed E-state index contributed by atoms with van der Waals surface area (Å²) in [5.74, 6) is 0.569. The normalized spacial score (nSPS) is 10.5. The first kappa shape index (κ1) is 16.4. The van der Waals surface area contributed by atoms with Crippen LogP contribution in [-0.2, 0) is 0 Å². The van der Waals surface area contributed by atoms with Gasteiger partial charge in [-0.15, -0.1) is 0 Å². The van der Waals surface area contributed by atoms with Crippen molar-refractivity contribution in [2.75, 3.05) is 13.7 Å². The highest BCUT2D eigenvalue weighted by Gasteiger charge is 2.10. The van der Waals surface area contributed by atoms with E-state index in [1.807, 2.05) is 31.2 Å². The predicted molar refractivity (Wildman–Crippen MR) is 87.3 cm³/mol. The van der Waals surface area contributed by atoms with Crippen LogP contribution in [0.4, 0.5) is 0 Å². The zero-order valence-electron chi connectivity index (χ0n) is 12.9. The van der Waals surface area contributed by atoms with E-state index in [0.717, 1.165) is 11.3 Å². The molecule has 2 aromatic rings. The van der Waals surface area contributed by atoms with Crippen LogP contribution in [0, 0.1) is 0 Å². The topological polar surface area (TPSA) is 80.2 Å². The van der Waals surface area contributed by atoms with Crippen LogP contribution in [0.1, 0.15) is 22.8 Å². The Hall–Kier alpha value is -3.02. The van der Waals surface area contributed by atoms with Crippen LogP contribution in [0.5, 0.6) is 17.2 Å². The molecule has 6 nitrogen and oxygen atoms in total. The SMILES string of the molecule is CCOc1ccc(/C=N\NC(=O)c2ccc(OC)cc2O)cc1. The molecule has 2 rings (SSSR count). The molecule has 6 heteroatoms. The van der Waals surface area contributed by atoms with E-state index in [1.54, 1.807) is 6.07 Å². The monoisotopic (exact) mass is 314 g/mol. The minimum Gasteiger partial charge on any atom is -0.507 e. The van der Waals surface area contributed by atoms with Crippen molar-refractivity contribution in [1.29, 1.82) is 0 Å². The summed E-state index contributed by atoms with van der Waals surface area (Å²) in [6.07, 6.45) is 1.51. The molecule has 0 heterocycles. The summed E-state index contributed by atoms with van der Waals surface area (Å²) in [7, 11) is 1.48. The van der Waals surface area contributed by atoms with Gasteiger partial charge in [0.1, 0.15) is 17.2 Å². The molecule has 0 unspecified atom stereocenters. The number of benzene rings is 2. The molecule has 0 aliphatic heterocycles. The van der Waals surface area contributed by atoms with E-state index in [0.29, 0.717) is 12.4 Å². The fraction of sp³-hybridized carbons (Fsp3) is 0.176. The standard InChI is InChI=1S/C17H18N2O4/c1-3-23-13-6-4-12(5-7-13)11-18-19-17(21)15-9-8-14(22-2)10-16(15)20/h4-11,20H,3H2,1-2H3,(H,19,21)/b18-11-. The molecule has 0 bridgehead atoms. The molecule has 0 fully saturated rings. The fourth-order valence-corrected chi connectivity index (χ4v) is 1.87. The van der Waals surface area contributed by atoms with Gasteiger partial charge in [-0.1, -0.05) is 0 Å². The first-order valence-corrected chi connectivity index (χ1v) is 7.07. The smallest absolute Gasteiger partial charge is 0.275 e. The lowest BCUT2D eigenvalue weighted by molar-refractivity contribution is 0.0952. The average Bonchev–Trinajstić information content (AvgIpc) is 2.56. The molecule has 0 saturated carbocycles. The number of nitrogens with zero attached hydrogens (tertiary/aromatic N) is 1. The van der Waals surface area contributed by atoms with Crippen molar-refractivity contribution >= 4 is 12.1 Å². The Morgan fingerprint density at radius 2 is 1.91 bits per heavy atom. The van der Waals surface area contributed by atoms with Gasteiger partial charge in [0, 0.05) is 6.07 Å². The van der Waals surface area contributed by atoms with Gasteiger partial charge in [0.25, 0.3) is 5.91 Å². The largest absolute Gasteiger partial charge is 0.507 e. The summed E-state index contributed by atoms with van der Waals surface area (Å²) >= 11 is 0. The molecule has 0 radical (unpaired) electrons. The summed E-state index contributed by atoms with van der Waals surface area (Å²) in [4.78, 5) is 11.9. The molecule has 2 N–H and O–H groups in total. The molecular formula is C17H18N2O4. The maximum absolute atomic E-state index is 11.9. The van der Waals surface area contributed by atoms with Crippen LogP contribution in [0.15, 0.2) is 47.6 Å². The van der Waals surface area contributed by atoms with E-state index in [2.05, 4.69) is 10.5 Å². The van der Waals surface area contributed by atoms with Crippen molar-refractivity contribution in [3.63, 3.8) is 0 Å². The molecule has 0 atom stereocenters. The van der Waals surface area contributed by atoms with E-state index in [9.17, 15) is 9.90 Å². The highest BCUT2D eigenvalue weighted by atomic mass is 16.5. The van der Waals surface area contributed by atoms with E-state index in [1.165, 1.54) is 25.5 Å². The van der Waals surface area contributed by atoms with E-state index < -0.39 is 5.91 Å². The third-order valence-corrected chi connectivity index (χ3v) is 3.02. The summed E-state index contributed by atoms with van der Waals surface area (Å²) in [6.45, 7) is 2.52. The van der Waals surface area contributed by atoms with Crippen molar-refractivity contribution in [1.82, 2.24) is 5.43 Å². The second-order valence-corrected chi connectivity index (χ2v) is 4.58. The van der Waals surface area contributed by atoms with Crippen LogP contribution in [0.2, 0.25) is 0 Å². The van der Waals surface area contributed by atoms with Gasteiger partial charge in [-0.25, -0.2) is 5.43 Å². The van der Waals surface area contributed by atoms with Crippen molar-refractivity contribution in [2.24, 2.45) is 5.10 Å². The summed E-state index contributed by atoms with van der Waals surface area (Å²) in [5.41, 5.74) is 3.30. The van der Waals surface area contributed by atoms with Gasteiger partial charge in [0.05, 0.1) is 25.5 Å². The van der Waals surface area contributed by atoms with Gasteiger partial charge >= 0.3 is 0 Å². The van der Waals surface area contributed by atoms with Crippen LogP contribution in [0.25, 0.3) is 0 Å². The number of hydrazone groups is 1. The number of hydrogen-bond acceptors (Lipinski definition) is 5. The first-order chi connectivity index (χ1) is 11.1. The summed E-state index contributed by atoms with van der Waals surface area (Å²) in [5, 5.41) is 13.7. The molecule has 0 spiro atoms.